The maximum atomic E-state index is 4.97. The minimum absolute atomic E-state index is 0.987. The Morgan fingerprint density at radius 1 is 0.622 bits per heavy atom. The van der Waals surface area contributed by atoms with Crippen LogP contribution >= 0.6 is 0 Å². The van der Waals surface area contributed by atoms with Crippen LogP contribution in [-0.2, 0) is 12.8 Å². The number of nitrogens with zero attached hydrogens (tertiary/aromatic N) is 3. The van der Waals surface area contributed by atoms with Crippen molar-refractivity contribution in [2.24, 2.45) is 0 Å². The van der Waals surface area contributed by atoms with Gasteiger partial charge in [-0.15, -0.1) is 0 Å². The molecular weight excluding hydrogens is 450 g/mol. The Labute approximate surface area is 214 Å². The van der Waals surface area contributed by atoms with Crippen molar-refractivity contribution < 1.29 is 0 Å². The quantitative estimate of drug-likeness (QED) is 0.254. The highest BCUT2D eigenvalue weighted by Gasteiger charge is 2.19. The molecule has 0 bridgehead atoms. The van der Waals surface area contributed by atoms with Crippen LogP contribution in [0.5, 0.6) is 0 Å². The molecule has 3 aromatic heterocycles. The first-order chi connectivity index (χ1) is 18.3. The predicted octanol–water partition coefficient (Wildman–Crippen LogP) is 8.16. The second-order valence-corrected chi connectivity index (χ2v) is 9.83. The summed E-state index contributed by atoms with van der Waals surface area (Å²) in [6, 6.07) is 39.1. The van der Waals surface area contributed by atoms with E-state index in [1.165, 1.54) is 38.5 Å². The van der Waals surface area contributed by atoms with Crippen LogP contribution < -0.4 is 0 Å². The van der Waals surface area contributed by atoms with Gasteiger partial charge in [0.05, 0.1) is 27.9 Å². The molecule has 0 atom stereocenters. The Hall–Kier alpha value is -4.76. The summed E-state index contributed by atoms with van der Waals surface area (Å²) < 4.78 is 2.40. The van der Waals surface area contributed by atoms with Gasteiger partial charge in [-0.25, -0.2) is 4.98 Å². The van der Waals surface area contributed by atoms with Crippen LogP contribution in [0, 0.1) is 0 Å². The van der Waals surface area contributed by atoms with E-state index in [9.17, 15) is 0 Å². The molecule has 8 rings (SSSR count). The van der Waals surface area contributed by atoms with E-state index in [-0.39, 0.29) is 0 Å². The second kappa shape index (κ2) is 7.87. The van der Waals surface area contributed by atoms with Gasteiger partial charge in [-0.3, -0.25) is 4.98 Å². The lowest BCUT2D eigenvalue weighted by Gasteiger charge is -2.20. The number of rotatable bonds is 2. The van der Waals surface area contributed by atoms with Gasteiger partial charge in [-0.2, -0.15) is 0 Å². The summed E-state index contributed by atoms with van der Waals surface area (Å²) in [7, 11) is 0. The normalized spacial score (nSPS) is 12.6. The lowest BCUT2D eigenvalue weighted by atomic mass is 9.89. The van der Waals surface area contributed by atoms with Gasteiger partial charge in [0.15, 0.2) is 0 Å². The number of pyridine rings is 2. The molecule has 3 nitrogen and oxygen atoms in total. The number of hydrogen-bond acceptors (Lipinski definition) is 2. The molecular formula is C34H23N3. The Balaban J connectivity index is 1.38. The number of benzene rings is 4. The minimum Gasteiger partial charge on any atom is -0.309 e. The summed E-state index contributed by atoms with van der Waals surface area (Å²) in [5, 5.41) is 3.66. The molecule has 174 valence electrons. The smallest absolute Gasteiger partial charge is 0.0737 e. The van der Waals surface area contributed by atoms with E-state index in [1.54, 1.807) is 0 Å². The van der Waals surface area contributed by atoms with Crippen LogP contribution in [0.15, 0.2) is 115 Å². The number of fused-ring (bicyclic) bond motifs is 7. The fourth-order valence-electron chi connectivity index (χ4n) is 5.93. The molecule has 3 heterocycles. The van der Waals surface area contributed by atoms with Gasteiger partial charge in [0.1, 0.15) is 0 Å². The van der Waals surface area contributed by atoms with Gasteiger partial charge in [0.2, 0.25) is 0 Å². The van der Waals surface area contributed by atoms with Crippen LogP contribution in [0.1, 0.15) is 11.1 Å². The van der Waals surface area contributed by atoms with E-state index in [0.717, 1.165) is 46.4 Å². The molecule has 0 aliphatic heterocycles. The molecule has 1 aliphatic carbocycles. The fraction of sp³-hybridized carbons (Fsp3) is 0.0588. The number of hydrogen-bond donors (Lipinski definition) is 0. The molecule has 0 amide bonds. The summed E-state index contributed by atoms with van der Waals surface area (Å²) in [6.07, 6.45) is 4.01. The highest BCUT2D eigenvalue weighted by molar-refractivity contribution is 6.10. The molecule has 1 aliphatic rings. The van der Waals surface area contributed by atoms with Crippen molar-refractivity contribution in [2.75, 3.05) is 0 Å². The van der Waals surface area contributed by atoms with Gasteiger partial charge in [-0.05, 0) is 66.4 Å². The third-order valence-corrected chi connectivity index (χ3v) is 7.73. The fourth-order valence-corrected chi connectivity index (χ4v) is 5.93. The molecule has 0 radical (unpaired) electrons. The molecule has 0 unspecified atom stereocenters. The standard InChI is InChI=1S/C34H23N3/c1-3-9-30-23(6-1)15-18-31(36-30)25-14-17-28-27-8-2-4-10-32(27)37(33(28)20-25)26-16-13-22-11-12-24-7-5-19-35-34(24)29(22)21-26/h1-10,13-21H,11-12H2. The molecule has 7 aromatic rings. The largest absolute Gasteiger partial charge is 0.309 e. The highest BCUT2D eigenvalue weighted by atomic mass is 15.0. The summed E-state index contributed by atoms with van der Waals surface area (Å²) in [4.78, 5) is 9.74. The Morgan fingerprint density at radius 3 is 2.49 bits per heavy atom. The van der Waals surface area contributed by atoms with E-state index in [0.29, 0.717) is 0 Å². The van der Waals surface area contributed by atoms with Crippen molar-refractivity contribution in [1.82, 2.24) is 14.5 Å². The van der Waals surface area contributed by atoms with Gasteiger partial charge >= 0.3 is 0 Å². The lowest BCUT2D eigenvalue weighted by Crippen LogP contribution is -2.06. The Bertz CT molecular complexity index is 2000. The van der Waals surface area contributed by atoms with Crippen LogP contribution in [0.25, 0.3) is 60.9 Å². The van der Waals surface area contributed by atoms with Crippen LogP contribution in [0.3, 0.4) is 0 Å². The molecule has 3 heteroatoms. The second-order valence-electron chi connectivity index (χ2n) is 9.83. The Morgan fingerprint density at radius 2 is 1.49 bits per heavy atom. The van der Waals surface area contributed by atoms with E-state index in [1.807, 2.05) is 18.3 Å². The topological polar surface area (TPSA) is 30.7 Å². The maximum absolute atomic E-state index is 4.97. The van der Waals surface area contributed by atoms with Crippen LogP contribution in [0.4, 0.5) is 0 Å². The van der Waals surface area contributed by atoms with Gasteiger partial charge in [0.25, 0.3) is 0 Å². The SMILES string of the molecule is c1cnc2c(c1)CCc1ccc(-n3c4ccccc4c4ccc(-c5ccc6ccccc6n5)cc43)cc1-2. The summed E-state index contributed by atoms with van der Waals surface area (Å²) in [6.45, 7) is 0. The molecule has 0 saturated heterocycles. The van der Waals surface area contributed by atoms with Crippen molar-refractivity contribution >= 4 is 32.7 Å². The molecule has 0 N–H and O–H groups in total. The monoisotopic (exact) mass is 473 g/mol. The minimum atomic E-state index is 0.987. The molecule has 37 heavy (non-hydrogen) atoms. The summed E-state index contributed by atoms with van der Waals surface area (Å²) >= 11 is 0. The zero-order valence-electron chi connectivity index (χ0n) is 20.2. The van der Waals surface area contributed by atoms with Gasteiger partial charge in [0, 0.05) is 39.2 Å². The highest BCUT2D eigenvalue weighted by Crippen LogP contribution is 2.38. The van der Waals surface area contributed by atoms with E-state index < -0.39 is 0 Å². The first-order valence-electron chi connectivity index (χ1n) is 12.8. The molecule has 0 spiro atoms. The number of aromatic nitrogens is 3. The van der Waals surface area contributed by atoms with E-state index in [2.05, 4.69) is 102 Å². The molecule has 4 aromatic carbocycles. The average Bonchev–Trinajstić information content (AvgIpc) is 3.30. The predicted molar refractivity (Wildman–Crippen MR) is 152 cm³/mol. The van der Waals surface area contributed by atoms with Crippen molar-refractivity contribution in [3.05, 3.63) is 127 Å². The third kappa shape index (κ3) is 3.14. The average molecular weight is 474 g/mol. The first kappa shape index (κ1) is 20.4. The van der Waals surface area contributed by atoms with Gasteiger partial charge in [-0.1, -0.05) is 66.7 Å². The lowest BCUT2D eigenvalue weighted by molar-refractivity contribution is 0.925. The number of para-hydroxylation sites is 2. The summed E-state index contributed by atoms with van der Waals surface area (Å²) in [5.74, 6) is 0. The Kier molecular flexibility index (Phi) is 4.35. The third-order valence-electron chi connectivity index (χ3n) is 7.73. The number of aryl methyl sites for hydroxylation is 2. The van der Waals surface area contributed by atoms with Crippen molar-refractivity contribution in [3.63, 3.8) is 0 Å². The zero-order chi connectivity index (χ0) is 24.3. The van der Waals surface area contributed by atoms with Crippen LogP contribution in [-0.4, -0.2) is 14.5 Å². The molecule has 0 fully saturated rings. The van der Waals surface area contributed by atoms with Crippen molar-refractivity contribution in [1.29, 1.82) is 0 Å². The maximum Gasteiger partial charge on any atom is 0.0737 e. The van der Waals surface area contributed by atoms with Crippen LogP contribution in [0.2, 0.25) is 0 Å². The van der Waals surface area contributed by atoms with Gasteiger partial charge < -0.3 is 4.57 Å². The van der Waals surface area contributed by atoms with E-state index >= 15 is 0 Å². The van der Waals surface area contributed by atoms with E-state index in [4.69, 9.17) is 9.97 Å². The summed E-state index contributed by atoms with van der Waals surface area (Å²) in [5.41, 5.74) is 11.7. The van der Waals surface area contributed by atoms with Crippen molar-refractivity contribution in [3.8, 4) is 28.2 Å². The van der Waals surface area contributed by atoms with Crippen molar-refractivity contribution in [2.45, 2.75) is 12.8 Å². The first-order valence-corrected chi connectivity index (χ1v) is 12.8. The molecule has 0 saturated carbocycles. The zero-order valence-corrected chi connectivity index (χ0v) is 20.2.